The molecule has 3 nitrogen and oxygen atoms in total. The van der Waals surface area contributed by atoms with E-state index in [1.165, 1.54) is 0 Å². The molecular weight excluding hydrogens is 378 g/mol. The summed E-state index contributed by atoms with van der Waals surface area (Å²) in [5, 5.41) is 0.484. The zero-order valence-electron chi connectivity index (χ0n) is 14.8. The summed E-state index contributed by atoms with van der Waals surface area (Å²) >= 11 is 6.15. The van der Waals surface area contributed by atoms with Gasteiger partial charge in [-0.15, -0.1) is 0 Å². The predicted molar refractivity (Wildman–Crippen MR) is 109 cm³/mol. The smallest absolute Gasteiger partial charge is 0.220 e. The maximum absolute atomic E-state index is 13.1. The third kappa shape index (κ3) is 4.71. The number of sulfonamides is 1. The Hall–Kier alpha value is -2.74. The summed E-state index contributed by atoms with van der Waals surface area (Å²) in [6.07, 6.45) is 0. The van der Waals surface area contributed by atoms with E-state index < -0.39 is 10.0 Å². The first-order valence-electron chi connectivity index (χ1n) is 8.36. The van der Waals surface area contributed by atoms with Crippen LogP contribution in [0.2, 0.25) is 5.02 Å². The Balaban J connectivity index is 2.02. The topological polar surface area (TPSA) is 37.4 Å². The first kappa shape index (κ1) is 19.0. The first-order chi connectivity index (χ1) is 13.0. The van der Waals surface area contributed by atoms with Gasteiger partial charge in [-0.05, 0) is 42.7 Å². The number of aryl methyl sites for hydroxylation is 1. The summed E-state index contributed by atoms with van der Waals surface area (Å²) in [4.78, 5) is 0.206. The second-order valence-corrected chi connectivity index (χ2v) is 8.30. The molecule has 5 heteroatoms. The molecule has 0 atom stereocenters. The van der Waals surface area contributed by atoms with Crippen molar-refractivity contribution in [1.82, 2.24) is 4.31 Å². The minimum absolute atomic E-state index is 0.147. The van der Waals surface area contributed by atoms with E-state index >= 15 is 0 Å². The van der Waals surface area contributed by atoms with Gasteiger partial charge in [-0.1, -0.05) is 71.8 Å². The van der Waals surface area contributed by atoms with Crippen LogP contribution >= 0.6 is 11.6 Å². The molecule has 0 aromatic heterocycles. The van der Waals surface area contributed by atoms with Gasteiger partial charge in [0.05, 0.1) is 16.5 Å². The molecule has 0 amide bonds. The van der Waals surface area contributed by atoms with Gasteiger partial charge >= 0.3 is 0 Å². The number of hydrogen-bond acceptors (Lipinski definition) is 2. The van der Waals surface area contributed by atoms with Crippen LogP contribution in [0, 0.1) is 18.9 Å². The molecule has 136 valence electrons. The van der Waals surface area contributed by atoms with Gasteiger partial charge < -0.3 is 0 Å². The standard InChI is InChI=1S/C22H18ClNO2S/c1-18-11-13-21(14-12-18)27(25,26)24(17-19-7-3-2-4-8-19)16-15-20-9-5-6-10-22(20)23/h2-14H,17H2,1H3. The molecule has 0 radical (unpaired) electrons. The fraction of sp³-hybridized carbons (Fsp3) is 0.0909. The van der Waals surface area contributed by atoms with Crippen molar-refractivity contribution < 1.29 is 8.42 Å². The first-order valence-corrected chi connectivity index (χ1v) is 10.2. The van der Waals surface area contributed by atoms with E-state index in [-0.39, 0.29) is 11.4 Å². The highest BCUT2D eigenvalue weighted by atomic mass is 35.5. The van der Waals surface area contributed by atoms with Crippen molar-refractivity contribution >= 4 is 21.6 Å². The maximum Gasteiger partial charge on any atom is 0.271 e. The fourth-order valence-electron chi connectivity index (χ4n) is 2.46. The van der Waals surface area contributed by atoms with Crippen LogP contribution in [0.15, 0.2) is 83.8 Å². The lowest BCUT2D eigenvalue weighted by Gasteiger charge is -2.18. The van der Waals surface area contributed by atoms with Crippen LogP contribution in [0.4, 0.5) is 0 Å². The summed E-state index contributed by atoms with van der Waals surface area (Å²) < 4.78 is 27.5. The van der Waals surface area contributed by atoms with Crippen LogP contribution in [0.25, 0.3) is 0 Å². The lowest BCUT2D eigenvalue weighted by molar-refractivity contribution is 0.508. The van der Waals surface area contributed by atoms with Gasteiger partial charge in [-0.2, -0.15) is 0 Å². The van der Waals surface area contributed by atoms with Crippen molar-refractivity contribution in [3.05, 3.63) is 101 Å². The lowest BCUT2D eigenvalue weighted by atomic mass is 10.2. The molecule has 0 saturated carbocycles. The van der Waals surface area contributed by atoms with Crippen molar-refractivity contribution in [1.29, 1.82) is 0 Å². The Labute approximate surface area is 165 Å². The Morgan fingerprint density at radius 3 is 2.19 bits per heavy atom. The van der Waals surface area contributed by atoms with Crippen molar-refractivity contribution in [3.8, 4) is 12.0 Å². The number of nitrogens with zero attached hydrogens (tertiary/aromatic N) is 1. The molecule has 0 aliphatic heterocycles. The normalized spacial score (nSPS) is 10.7. The Kier molecular flexibility index (Phi) is 5.85. The number of rotatable bonds is 4. The van der Waals surface area contributed by atoms with Crippen molar-refractivity contribution in [2.45, 2.75) is 18.4 Å². The van der Waals surface area contributed by atoms with Gasteiger partial charge in [-0.25, -0.2) is 12.7 Å². The van der Waals surface area contributed by atoms with Crippen molar-refractivity contribution in [2.24, 2.45) is 0 Å². The Morgan fingerprint density at radius 2 is 1.52 bits per heavy atom. The highest BCUT2D eigenvalue weighted by Gasteiger charge is 2.22. The molecule has 0 heterocycles. The second-order valence-electron chi connectivity index (χ2n) is 6.03. The Morgan fingerprint density at radius 1 is 0.889 bits per heavy atom. The van der Waals surface area contributed by atoms with Crippen LogP contribution < -0.4 is 0 Å². The van der Waals surface area contributed by atoms with Gasteiger partial charge in [-0.3, -0.25) is 0 Å². The van der Waals surface area contributed by atoms with E-state index in [9.17, 15) is 8.42 Å². The van der Waals surface area contributed by atoms with E-state index in [1.807, 2.05) is 43.3 Å². The van der Waals surface area contributed by atoms with Crippen LogP contribution in [0.3, 0.4) is 0 Å². The second kappa shape index (κ2) is 8.30. The maximum atomic E-state index is 13.1. The summed E-state index contributed by atoms with van der Waals surface area (Å²) in [6, 6.07) is 26.0. The molecule has 0 saturated heterocycles. The molecule has 0 unspecified atom stereocenters. The lowest BCUT2D eigenvalue weighted by Crippen LogP contribution is -2.26. The van der Waals surface area contributed by atoms with Gasteiger partial charge in [0, 0.05) is 11.6 Å². The van der Waals surface area contributed by atoms with Crippen molar-refractivity contribution in [2.75, 3.05) is 0 Å². The van der Waals surface area contributed by atoms with Crippen molar-refractivity contribution in [3.63, 3.8) is 0 Å². The van der Waals surface area contributed by atoms with E-state index in [1.54, 1.807) is 42.5 Å². The third-order valence-electron chi connectivity index (χ3n) is 3.97. The van der Waals surface area contributed by atoms with E-state index in [0.717, 1.165) is 15.4 Å². The molecule has 0 N–H and O–H groups in total. The minimum Gasteiger partial charge on any atom is -0.220 e. The zero-order valence-corrected chi connectivity index (χ0v) is 16.3. The average molecular weight is 396 g/mol. The Bertz CT molecular complexity index is 1080. The monoisotopic (exact) mass is 395 g/mol. The predicted octanol–water partition coefficient (Wildman–Crippen LogP) is 4.85. The van der Waals surface area contributed by atoms with Crippen LogP contribution in [-0.2, 0) is 16.6 Å². The molecule has 27 heavy (non-hydrogen) atoms. The summed E-state index contributed by atoms with van der Waals surface area (Å²) in [5.74, 6) is 2.89. The fourth-order valence-corrected chi connectivity index (χ4v) is 3.86. The van der Waals surface area contributed by atoms with E-state index in [0.29, 0.717) is 10.6 Å². The summed E-state index contributed by atoms with van der Waals surface area (Å²) in [6.45, 7) is 2.06. The quantitative estimate of drug-likeness (QED) is 0.468. The molecule has 0 bridgehead atoms. The van der Waals surface area contributed by atoms with Crippen LogP contribution in [-0.4, -0.2) is 12.7 Å². The van der Waals surface area contributed by atoms with Gasteiger partial charge in [0.2, 0.25) is 0 Å². The number of benzene rings is 3. The third-order valence-corrected chi connectivity index (χ3v) is 5.97. The van der Waals surface area contributed by atoms with E-state index in [2.05, 4.69) is 12.0 Å². The molecule has 3 aromatic carbocycles. The molecule has 0 aliphatic rings. The molecule has 0 aliphatic carbocycles. The number of halogens is 1. The minimum atomic E-state index is -3.78. The molecular formula is C22H18ClNO2S. The highest BCUT2D eigenvalue weighted by Crippen LogP contribution is 2.19. The van der Waals surface area contributed by atoms with Gasteiger partial charge in [0.1, 0.15) is 0 Å². The summed E-state index contributed by atoms with van der Waals surface area (Å²) in [7, 11) is -3.78. The summed E-state index contributed by atoms with van der Waals surface area (Å²) in [5.41, 5.74) is 2.42. The molecule has 0 spiro atoms. The van der Waals surface area contributed by atoms with Gasteiger partial charge in [0.15, 0.2) is 0 Å². The van der Waals surface area contributed by atoms with Crippen LogP contribution in [0.1, 0.15) is 16.7 Å². The average Bonchev–Trinajstić information content (AvgIpc) is 2.67. The molecule has 3 aromatic rings. The van der Waals surface area contributed by atoms with Gasteiger partial charge in [0.25, 0.3) is 10.0 Å². The molecule has 3 rings (SSSR count). The number of hydrogen-bond donors (Lipinski definition) is 0. The zero-order chi connectivity index (χ0) is 19.3. The van der Waals surface area contributed by atoms with Crippen LogP contribution in [0.5, 0.6) is 0 Å². The largest absolute Gasteiger partial charge is 0.271 e. The molecule has 0 fully saturated rings. The van der Waals surface area contributed by atoms with E-state index in [4.69, 9.17) is 11.6 Å². The highest BCUT2D eigenvalue weighted by molar-refractivity contribution is 7.89. The SMILES string of the molecule is Cc1ccc(S(=O)(=O)N(C#Cc2ccccc2Cl)Cc2ccccc2)cc1.